The number of hydrogen-bond acceptors (Lipinski definition) is 2. The Balaban J connectivity index is 2.53. The topological polar surface area (TPSA) is 20.2 Å². The molecule has 1 nitrogen and oxygen atoms in total. The van der Waals surface area contributed by atoms with Crippen LogP contribution in [0.2, 0.25) is 0 Å². The van der Waals surface area contributed by atoms with E-state index in [4.69, 9.17) is 0 Å². The smallest absolute Gasteiger partial charge is 0.137 e. The van der Waals surface area contributed by atoms with E-state index in [-0.39, 0.29) is 0 Å². The van der Waals surface area contributed by atoms with Gasteiger partial charge in [0, 0.05) is 5.56 Å². The second kappa shape index (κ2) is 3.23. The Morgan fingerprint density at radius 3 is 2.38 bits per heavy atom. The second-order valence-electron chi connectivity index (χ2n) is 2.96. The number of hydrogen-bond donors (Lipinski definition) is 1. The van der Waals surface area contributed by atoms with Crippen molar-refractivity contribution in [3.05, 3.63) is 41.3 Å². The molecule has 0 bridgehead atoms. The summed E-state index contributed by atoms with van der Waals surface area (Å²) in [7, 11) is 0. The quantitative estimate of drug-likeness (QED) is 0.730. The molecule has 2 heteroatoms. The van der Waals surface area contributed by atoms with Gasteiger partial charge in [-0.15, -0.1) is 11.3 Å². The first-order valence-corrected chi connectivity index (χ1v) is 4.99. The van der Waals surface area contributed by atoms with E-state index in [2.05, 4.69) is 0 Å². The van der Waals surface area contributed by atoms with E-state index in [9.17, 15) is 5.11 Å². The maximum Gasteiger partial charge on any atom is 0.137 e. The van der Waals surface area contributed by atoms with E-state index >= 15 is 0 Å². The lowest BCUT2D eigenvalue weighted by atomic mass is 10.1. The number of thiophene rings is 1. The molecule has 1 N–H and O–H groups in total. The van der Waals surface area contributed by atoms with E-state index in [1.54, 1.807) is 11.3 Å². The van der Waals surface area contributed by atoms with Crippen LogP contribution in [0.4, 0.5) is 0 Å². The van der Waals surface area contributed by atoms with Crippen LogP contribution in [0.5, 0.6) is 5.75 Å². The third kappa shape index (κ3) is 1.45. The predicted octanol–water partition coefficient (Wildman–Crippen LogP) is 3.43. The van der Waals surface area contributed by atoms with Gasteiger partial charge in [0.15, 0.2) is 0 Å². The van der Waals surface area contributed by atoms with Crippen molar-refractivity contribution in [2.75, 3.05) is 0 Å². The first-order valence-electron chi connectivity index (χ1n) is 4.11. The molecule has 0 saturated heterocycles. The number of rotatable bonds is 1. The molecular formula is C11H10OS. The van der Waals surface area contributed by atoms with Gasteiger partial charge < -0.3 is 5.11 Å². The molecule has 2 aromatic rings. The molecule has 0 unspecified atom stereocenters. The minimum absolute atomic E-state index is 0.413. The minimum Gasteiger partial charge on any atom is -0.506 e. The van der Waals surface area contributed by atoms with Crippen LogP contribution in [0.25, 0.3) is 10.4 Å². The normalized spacial score (nSPS) is 10.2. The summed E-state index contributed by atoms with van der Waals surface area (Å²) >= 11 is 1.58. The molecule has 0 aliphatic rings. The zero-order valence-corrected chi connectivity index (χ0v) is 8.14. The van der Waals surface area contributed by atoms with Crippen LogP contribution in [0, 0.1) is 6.92 Å². The third-order valence-electron chi connectivity index (χ3n) is 1.98. The van der Waals surface area contributed by atoms with Gasteiger partial charge >= 0.3 is 0 Å². The van der Waals surface area contributed by atoms with Crippen molar-refractivity contribution in [2.24, 2.45) is 0 Å². The van der Waals surface area contributed by atoms with Crippen molar-refractivity contribution in [1.82, 2.24) is 0 Å². The van der Waals surface area contributed by atoms with E-state index < -0.39 is 0 Å². The van der Waals surface area contributed by atoms with Crippen LogP contribution in [-0.2, 0) is 0 Å². The summed E-state index contributed by atoms with van der Waals surface area (Å²) in [6.45, 7) is 1.91. The fourth-order valence-corrected chi connectivity index (χ4v) is 2.18. The largest absolute Gasteiger partial charge is 0.506 e. The van der Waals surface area contributed by atoms with E-state index in [0.717, 1.165) is 16.0 Å². The Morgan fingerprint density at radius 1 is 1.15 bits per heavy atom. The maximum atomic E-state index is 9.70. The van der Waals surface area contributed by atoms with Gasteiger partial charge in [0.25, 0.3) is 0 Å². The third-order valence-corrected chi connectivity index (χ3v) is 3.11. The summed E-state index contributed by atoms with van der Waals surface area (Å²) in [5, 5.41) is 11.7. The van der Waals surface area contributed by atoms with Crippen LogP contribution < -0.4 is 0 Å². The molecule has 1 aromatic heterocycles. The molecule has 66 valence electrons. The van der Waals surface area contributed by atoms with Gasteiger partial charge in [-0.2, -0.15) is 0 Å². The summed E-state index contributed by atoms with van der Waals surface area (Å²) in [6.07, 6.45) is 0. The Bertz CT molecular complexity index is 403. The van der Waals surface area contributed by atoms with Gasteiger partial charge in [0.2, 0.25) is 0 Å². The standard InChI is InChI=1S/C11H10OS/c1-8-7-13-11(10(8)12)9-5-3-2-4-6-9/h2-7,12H,1H3. The molecule has 0 aliphatic heterocycles. The van der Waals surface area contributed by atoms with Crippen molar-refractivity contribution >= 4 is 11.3 Å². The molecule has 0 fully saturated rings. The van der Waals surface area contributed by atoms with E-state index in [0.29, 0.717) is 5.75 Å². The predicted molar refractivity (Wildman–Crippen MR) is 56.2 cm³/mol. The maximum absolute atomic E-state index is 9.70. The van der Waals surface area contributed by atoms with Gasteiger partial charge in [0.05, 0.1) is 4.88 Å². The molecule has 0 saturated carbocycles. The van der Waals surface area contributed by atoms with Crippen LogP contribution in [0.15, 0.2) is 35.7 Å². The van der Waals surface area contributed by atoms with Crippen LogP contribution in [0.3, 0.4) is 0 Å². The van der Waals surface area contributed by atoms with E-state index in [1.165, 1.54) is 0 Å². The monoisotopic (exact) mass is 190 g/mol. The lowest BCUT2D eigenvalue weighted by Crippen LogP contribution is -1.71. The Kier molecular flexibility index (Phi) is 2.07. The van der Waals surface area contributed by atoms with Crippen molar-refractivity contribution in [3.63, 3.8) is 0 Å². The molecule has 1 heterocycles. The van der Waals surface area contributed by atoms with Crippen molar-refractivity contribution in [2.45, 2.75) is 6.92 Å². The Hall–Kier alpha value is -1.28. The first kappa shape index (κ1) is 8.32. The van der Waals surface area contributed by atoms with Gasteiger partial charge in [-0.3, -0.25) is 0 Å². The van der Waals surface area contributed by atoms with Crippen molar-refractivity contribution in [1.29, 1.82) is 0 Å². The van der Waals surface area contributed by atoms with Crippen LogP contribution in [-0.4, -0.2) is 5.11 Å². The number of benzene rings is 1. The molecule has 0 radical (unpaired) electrons. The Labute approximate surface area is 81.3 Å². The van der Waals surface area contributed by atoms with Gasteiger partial charge in [-0.05, 0) is 17.9 Å². The Morgan fingerprint density at radius 2 is 1.85 bits per heavy atom. The lowest BCUT2D eigenvalue weighted by Gasteiger charge is -1.97. The lowest BCUT2D eigenvalue weighted by molar-refractivity contribution is 0.475. The highest BCUT2D eigenvalue weighted by molar-refractivity contribution is 7.14. The molecule has 2 rings (SSSR count). The highest BCUT2D eigenvalue weighted by Gasteiger charge is 2.07. The molecule has 0 amide bonds. The van der Waals surface area contributed by atoms with Gasteiger partial charge in [-0.1, -0.05) is 30.3 Å². The molecule has 1 aromatic carbocycles. The zero-order valence-electron chi connectivity index (χ0n) is 7.32. The molecule has 0 aliphatic carbocycles. The highest BCUT2D eigenvalue weighted by Crippen LogP contribution is 2.37. The zero-order chi connectivity index (χ0) is 9.26. The summed E-state index contributed by atoms with van der Waals surface area (Å²) < 4.78 is 0. The summed E-state index contributed by atoms with van der Waals surface area (Å²) in [5.41, 5.74) is 2.03. The molecule has 13 heavy (non-hydrogen) atoms. The van der Waals surface area contributed by atoms with E-state index in [1.807, 2.05) is 42.6 Å². The number of aryl methyl sites for hydroxylation is 1. The fourth-order valence-electron chi connectivity index (χ4n) is 1.23. The SMILES string of the molecule is Cc1csc(-c2ccccc2)c1O. The summed E-state index contributed by atoms with van der Waals surface area (Å²) in [5.74, 6) is 0.413. The average Bonchev–Trinajstić information content (AvgIpc) is 2.49. The fraction of sp³-hybridized carbons (Fsp3) is 0.0909. The second-order valence-corrected chi connectivity index (χ2v) is 3.84. The van der Waals surface area contributed by atoms with Crippen LogP contribution in [0.1, 0.15) is 5.56 Å². The minimum atomic E-state index is 0.413. The van der Waals surface area contributed by atoms with Crippen LogP contribution >= 0.6 is 11.3 Å². The van der Waals surface area contributed by atoms with Crippen molar-refractivity contribution < 1.29 is 5.11 Å². The average molecular weight is 190 g/mol. The summed E-state index contributed by atoms with van der Waals surface area (Å²) in [6, 6.07) is 9.94. The molecular weight excluding hydrogens is 180 g/mol. The van der Waals surface area contributed by atoms with Crippen molar-refractivity contribution in [3.8, 4) is 16.2 Å². The number of aromatic hydroxyl groups is 1. The first-order chi connectivity index (χ1) is 6.29. The van der Waals surface area contributed by atoms with Gasteiger partial charge in [0.1, 0.15) is 5.75 Å². The molecule has 0 spiro atoms. The van der Waals surface area contributed by atoms with Gasteiger partial charge in [-0.25, -0.2) is 0 Å². The summed E-state index contributed by atoms with van der Waals surface area (Å²) in [4.78, 5) is 0.957. The highest BCUT2D eigenvalue weighted by atomic mass is 32.1. The molecule has 0 atom stereocenters.